The molecule has 0 bridgehead atoms. The molecule has 1 aromatic rings. The first kappa shape index (κ1) is 17.4. The van der Waals surface area contributed by atoms with E-state index in [9.17, 15) is 16.8 Å². The molecule has 5 nitrogen and oxygen atoms in total. The number of hydrogen-bond acceptors (Lipinski definition) is 4. The number of aryl methyl sites for hydroxylation is 1. The SMILES string of the molecule is CC(C)CS(=O)(=O)C1CN(S(=O)(=O)CCc2ccccc2)C1. The molecular weight excluding hydrogens is 322 g/mol. The van der Waals surface area contributed by atoms with Crippen LogP contribution >= 0.6 is 0 Å². The first-order valence-corrected chi connectivity index (χ1v) is 10.8. The molecular formula is C15H23NO4S2. The summed E-state index contributed by atoms with van der Waals surface area (Å²) >= 11 is 0. The van der Waals surface area contributed by atoms with Crippen LogP contribution < -0.4 is 0 Å². The van der Waals surface area contributed by atoms with Gasteiger partial charge in [-0.3, -0.25) is 0 Å². The Balaban J connectivity index is 1.89. The zero-order chi connectivity index (χ0) is 16.4. The van der Waals surface area contributed by atoms with Gasteiger partial charge in [0.25, 0.3) is 0 Å². The van der Waals surface area contributed by atoms with E-state index >= 15 is 0 Å². The van der Waals surface area contributed by atoms with E-state index in [1.165, 1.54) is 4.31 Å². The number of benzene rings is 1. The van der Waals surface area contributed by atoms with Crippen LogP contribution in [0.2, 0.25) is 0 Å². The van der Waals surface area contributed by atoms with E-state index in [4.69, 9.17) is 0 Å². The highest BCUT2D eigenvalue weighted by atomic mass is 32.2. The van der Waals surface area contributed by atoms with Crippen LogP contribution in [-0.2, 0) is 26.3 Å². The summed E-state index contributed by atoms with van der Waals surface area (Å²) in [6.45, 7) is 3.91. The summed E-state index contributed by atoms with van der Waals surface area (Å²) in [7, 11) is -6.56. The molecule has 7 heteroatoms. The Morgan fingerprint density at radius 2 is 1.68 bits per heavy atom. The van der Waals surface area contributed by atoms with Gasteiger partial charge in [-0.15, -0.1) is 0 Å². The quantitative estimate of drug-likeness (QED) is 0.747. The van der Waals surface area contributed by atoms with Crippen molar-refractivity contribution in [2.24, 2.45) is 5.92 Å². The van der Waals surface area contributed by atoms with Gasteiger partial charge >= 0.3 is 0 Å². The van der Waals surface area contributed by atoms with Gasteiger partial charge in [-0.25, -0.2) is 16.8 Å². The summed E-state index contributed by atoms with van der Waals surface area (Å²) < 4.78 is 49.8. The van der Waals surface area contributed by atoms with Crippen molar-refractivity contribution in [3.05, 3.63) is 35.9 Å². The smallest absolute Gasteiger partial charge is 0.214 e. The number of sulfone groups is 1. The second kappa shape index (κ2) is 6.68. The first-order chi connectivity index (χ1) is 10.2. The topological polar surface area (TPSA) is 71.5 Å². The molecule has 0 aromatic heterocycles. The van der Waals surface area contributed by atoms with Gasteiger partial charge in [0.05, 0.1) is 16.8 Å². The Hall–Kier alpha value is -0.920. The van der Waals surface area contributed by atoms with E-state index in [2.05, 4.69) is 0 Å². The van der Waals surface area contributed by atoms with Gasteiger partial charge in [0.15, 0.2) is 9.84 Å². The molecule has 0 unspecified atom stereocenters. The van der Waals surface area contributed by atoms with Gasteiger partial charge < -0.3 is 0 Å². The molecule has 1 heterocycles. The molecule has 1 fully saturated rings. The van der Waals surface area contributed by atoms with E-state index in [1.54, 1.807) is 0 Å². The van der Waals surface area contributed by atoms with E-state index in [0.717, 1.165) is 5.56 Å². The minimum absolute atomic E-state index is 0.0218. The maximum atomic E-state index is 12.2. The summed E-state index contributed by atoms with van der Waals surface area (Å²) in [6.07, 6.45) is 0.448. The van der Waals surface area contributed by atoms with Gasteiger partial charge in [-0.1, -0.05) is 44.2 Å². The third-order valence-corrected chi connectivity index (χ3v) is 8.02. The summed E-state index contributed by atoms with van der Waals surface area (Å²) in [5.74, 6) is 0.206. The number of nitrogens with zero attached hydrogens (tertiary/aromatic N) is 1. The fourth-order valence-corrected chi connectivity index (χ4v) is 6.25. The van der Waals surface area contributed by atoms with E-state index < -0.39 is 25.1 Å². The predicted octanol–water partition coefficient (Wildman–Crippen LogP) is 1.31. The summed E-state index contributed by atoms with van der Waals surface area (Å²) in [5, 5.41) is -0.540. The third-order valence-electron chi connectivity index (χ3n) is 3.77. The lowest BCUT2D eigenvalue weighted by molar-refractivity contribution is 0.309. The molecule has 0 atom stereocenters. The van der Waals surface area contributed by atoms with Crippen molar-refractivity contribution in [2.75, 3.05) is 24.6 Å². The van der Waals surface area contributed by atoms with Gasteiger partial charge in [-0.05, 0) is 17.9 Å². The van der Waals surface area contributed by atoms with Crippen LogP contribution in [0.3, 0.4) is 0 Å². The van der Waals surface area contributed by atoms with Crippen molar-refractivity contribution >= 4 is 19.9 Å². The highest BCUT2D eigenvalue weighted by Crippen LogP contribution is 2.22. The van der Waals surface area contributed by atoms with Crippen LogP contribution in [0.5, 0.6) is 0 Å². The van der Waals surface area contributed by atoms with Crippen molar-refractivity contribution in [1.29, 1.82) is 0 Å². The molecule has 0 N–H and O–H groups in total. The average molecular weight is 345 g/mol. The lowest BCUT2D eigenvalue weighted by atomic mass is 10.2. The summed E-state index contributed by atoms with van der Waals surface area (Å²) in [5.41, 5.74) is 0.968. The van der Waals surface area contributed by atoms with Gasteiger partial charge in [-0.2, -0.15) is 4.31 Å². The Kier molecular flexibility index (Phi) is 5.29. The van der Waals surface area contributed by atoms with Crippen LogP contribution in [0.15, 0.2) is 30.3 Å². The second-order valence-electron chi connectivity index (χ2n) is 6.21. The monoisotopic (exact) mass is 345 g/mol. The highest BCUT2D eigenvalue weighted by molar-refractivity contribution is 7.92. The van der Waals surface area contributed by atoms with E-state index in [-0.39, 0.29) is 30.5 Å². The van der Waals surface area contributed by atoms with Crippen molar-refractivity contribution in [1.82, 2.24) is 4.31 Å². The van der Waals surface area contributed by atoms with Gasteiger partial charge in [0.2, 0.25) is 10.0 Å². The average Bonchev–Trinajstić information content (AvgIpc) is 2.33. The normalized spacial score (nSPS) is 17.6. The molecule has 124 valence electrons. The van der Waals surface area contributed by atoms with Crippen LogP contribution in [0.25, 0.3) is 0 Å². The maximum absolute atomic E-state index is 12.2. The Morgan fingerprint density at radius 1 is 1.09 bits per heavy atom. The predicted molar refractivity (Wildman–Crippen MR) is 87.9 cm³/mol. The molecule has 1 aromatic carbocycles. The minimum Gasteiger partial charge on any atom is -0.228 e. The molecule has 0 saturated carbocycles. The zero-order valence-electron chi connectivity index (χ0n) is 13.0. The van der Waals surface area contributed by atoms with E-state index in [1.807, 2.05) is 44.2 Å². The largest absolute Gasteiger partial charge is 0.228 e. The molecule has 0 amide bonds. The molecule has 2 rings (SSSR count). The summed E-state index contributed by atoms with van der Waals surface area (Å²) in [6, 6.07) is 9.42. The second-order valence-corrected chi connectivity index (χ2v) is 10.6. The first-order valence-electron chi connectivity index (χ1n) is 7.44. The number of rotatable bonds is 7. The standard InChI is InChI=1S/C15H23NO4S2/c1-13(2)12-21(17,18)15-10-16(11-15)22(19,20)9-8-14-6-4-3-5-7-14/h3-7,13,15H,8-12H2,1-2H3. The zero-order valence-corrected chi connectivity index (χ0v) is 14.6. The number of hydrogen-bond donors (Lipinski definition) is 0. The van der Waals surface area contributed by atoms with Crippen molar-refractivity contribution < 1.29 is 16.8 Å². The van der Waals surface area contributed by atoms with E-state index in [0.29, 0.717) is 6.42 Å². The molecule has 22 heavy (non-hydrogen) atoms. The fraction of sp³-hybridized carbons (Fsp3) is 0.600. The Bertz CT molecular complexity index is 690. The van der Waals surface area contributed by atoms with Crippen LogP contribution in [-0.4, -0.2) is 51.0 Å². The van der Waals surface area contributed by atoms with Crippen molar-refractivity contribution in [3.63, 3.8) is 0 Å². The van der Waals surface area contributed by atoms with Gasteiger partial charge in [0, 0.05) is 13.1 Å². The Labute approximate surface area is 133 Å². The minimum atomic E-state index is -3.37. The summed E-state index contributed by atoms with van der Waals surface area (Å²) in [4.78, 5) is 0. The maximum Gasteiger partial charge on any atom is 0.214 e. The molecule has 1 aliphatic heterocycles. The van der Waals surface area contributed by atoms with Crippen molar-refractivity contribution in [2.45, 2.75) is 25.5 Å². The highest BCUT2D eigenvalue weighted by Gasteiger charge is 2.42. The lowest BCUT2D eigenvalue weighted by Gasteiger charge is -2.37. The number of sulfonamides is 1. The fourth-order valence-electron chi connectivity index (χ4n) is 2.48. The molecule has 1 aliphatic rings. The lowest BCUT2D eigenvalue weighted by Crippen LogP contribution is -2.58. The third kappa shape index (κ3) is 4.30. The molecule has 0 aliphatic carbocycles. The van der Waals surface area contributed by atoms with Crippen LogP contribution in [0.4, 0.5) is 0 Å². The van der Waals surface area contributed by atoms with Crippen molar-refractivity contribution in [3.8, 4) is 0 Å². The molecule has 0 spiro atoms. The van der Waals surface area contributed by atoms with Crippen LogP contribution in [0.1, 0.15) is 19.4 Å². The molecule has 1 saturated heterocycles. The Morgan fingerprint density at radius 3 is 2.23 bits per heavy atom. The van der Waals surface area contributed by atoms with Crippen LogP contribution in [0, 0.1) is 5.92 Å². The molecule has 0 radical (unpaired) electrons. The van der Waals surface area contributed by atoms with Gasteiger partial charge in [0.1, 0.15) is 0 Å².